The van der Waals surface area contributed by atoms with E-state index in [1.807, 2.05) is 55.5 Å². The van der Waals surface area contributed by atoms with Crippen LogP contribution in [0.3, 0.4) is 0 Å². The van der Waals surface area contributed by atoms with Crippen molar-refractivity contribution in [3.05, 3.63) is 94.0 Å². The van der Waals surface area contributed by atoms with Gasteiger partial charge < -0.3 is 0 Å². The summed E-state index contributed by atoms with van der Waals surface area (Å²) in [6, 6.07) is 21.2. The summed E-state index contributed by atoms with van der Waals surface area (Å²) >= 11 is 12.6. The van der Waals surface area contributed by atoms with Gasteiger partial charge in [-0.25, -0.2) is 9.96 Å². The first-order valence-electron chi connectivity index (χ1n) is 9.86. The minimum absolute atomic E-state index is 0.310. The number of hydrogen-bond donors (Lipinski definition) is 0. The molecule has 0 aromatic heterocycles. The molecule has 0 spiro atoms. The van der Waals surface area contributed by atoms with Gasteiger partial charge in [0, 0.05) is 10.0 Å². The Hall–Kier alpha value is -2.86. The fourth-order valence-electron chi connectivity index (χ4n) is 4.29. The molecule has 156 valence electrons. The SMILES string of the molecule is Cc1cccc(N2C(=O)[C@H]3[C@H](ON(c4ccccc4)[C@@H]3c3ccc(Cl)cc3Cl)C2=O)c1. The third-order valence-corrected chi connectivity index (χ3v) is 6.23. The smallest absolute Gasteiger partial charge is 0.266 e. The summed E-state index contributed by atoms with van der Waals surface area (Å²) in [6.45, 7) is 1.92. The summed E-state index contributed by atoms with van der Waals surface area (Å²) < 4.78 is 0. The molecule has 2 fully saturated rings. The van der Waals surface area contributed by atoms with E-state index in [4.69, 9.17) is 28.0 Å². The molecule has 7 heteroatoms. The maximum absolute atomic E-state index is 13.6. The molecule has 3 aromatic rings. The van der Waals surface area contributed by atoms with Crippen LogP contribution in [0.2, 0.25) is 10.0 Å². The minimum Gasteiger partial charge on any atom is -0.273 e. The first-order valence-corrected chi connectivity index (χ1v) is 10.6. The summed E-state index contributed by atoms with van der Waals surface area (Å²) in [4.78, 5) is 34.2. The Bertz CT molecular complexity index is 1180. The van der Waals surface area contributed by atoms with Gasteiger partial charge >= 0.3 is 0 Å². The van der Waals surface area contributed by atoms with E-state index in [1.54, 1.807) is 29.3 Å². The molecule has 0 bridgehead atoms. The van der Waals surface area contributed by atoms with E-state index in [0.717, 1.165) is 11.3 Å². The number of hydrogen-bond acceptors (Lipinski definition) is 4. The molecule has 0 radical (unpaired) electrons. The predicted octanol–water partition coefficient (Wildman–Crippen LogP) is 5.35. The number of carbonyl (C=O) groups is 2. The second-order valence-electron chi connectivity index (χ2n) is 7.67. The van der Waals surface area contributed by atoms with Crippen molar-refractivity contribution in [2.24, 2.45) is 5.92 Å². The predicted molar refractivity (Wildman–Crippen MR) is 120 cm³/mol. The average Bonchev–Trinajstić information content (AvgIpc) is 3.25. The van der Waals surface area contributed by atoms with Crippen LogP contribution >= 0.6 is 23.2 Å². The number of halogens is 2. The highest BCUT2D eigenvalue weighted by molar-refractivity contribution is 6.35. The maximum atomic E-state index is 13.6. The molecule has 0 N–H and O–H groups in total. The molecule has 3 aromatic carbocycles. The zero-order valence-electron chi connectivity index (χ0n) is 16.5. The van der Waals surface area contributed by atoms with E-state index in [2.05, 4.69) is 0 Å². The van der Waals surface area contributed by atoms with Crippen LogP contribution in [0.25, 0.3) is 0 Å². The van der Waals surface area contributed by atoms with Crippen LogP contribution in [0.4, 0.5) is 11.4 Å². The minimum atomic E-state index is -0.940. The lowest BCUT2D eigenvalue weighted by molar-refractivity contribution is -0.126. The van der Waals surface area contributed by atoms with Gasteiger partial charge in [0.1, 0.15) is 5.92 Å². The van der Waals surface area contributed by atoms with Crippen molar-refractivity contribution in [3.63, 3.8) is 0 Å². The topological polar surface area (TPSA) is 49.9 Å². The highest BCUT2D eigenvalue weighted by atomic mass is 35.5. The van der Waals surface area contributed by atoms with Crippen molar-refractivity contribution in [2.45, 2.75) is 19.1 Å². The van der Waals surface area contributed by atoms with Crippen LogP contribution in [0.15, 0.2) is 72.8 Å². The molecule has 5 nitrogen and oxygen atoms in total. The van der Waals surface area contributed by atoms with Crippen LogP contribution in [-0.2, 0) is 14.4 Å². The van der Waals surface area contributed by atoms with Crippen molar-refractivity contribution >= 4 is 46.4 Å². The normalized spacial score (nSPS) is 22.9. The number of imide groups is 1. The number of anilines is 2. The Morgan fingerprint density at radius 2 is 1.58 bits per heavy atom. The van der Waals surface area contributed by atoms with E-state index in [1.165, 1.54) is 4.90 Å². The molecule has 0 unspecified atom stereocenters. The van der Waals surface area contributed by atoms with Crippen molar-refractivity contribution in [3.8, 4) is 0 Å². The lowest BCUT2D eigenvalue weighted by atomic mass is 9.90. The van der Waals surface area contributed by atoms with E-state index < -0.39 is 18.1 Å². The average molecular weight is 453 g/mol. The Balaban J connectivity index is 1.62. The summed E-state index contributed by atoms with van der Waals surface area (Å²) in [6.07, 6.45) is -0.940. The number of benzene rings is 3. The third kappa shape index (κ3) is 3.30. The zero-order valence-corrected chi connectivity index (χ0v) is 18.0. The number of amides is 2. The van der Waals surface area contributed by atoms with Crippen molar-refractivity contribution in [1.82, 2.24) is 0 Å². The van der Waals surface area contributed by atoms with Gasteiger partial charge in [0.05, 0.1) is 17.4 Å². The number of fused-ring (bicyclic) bond motifs is 1. The molecule has 2 heterocycles. The molecule has 2 aliphatic rings. The quantitative estimate of drug-likeness (QED) is 0.502. The number of nitrogens with zero attached hydrogens (tertiary/aromatic N) is 2. The lowest BCUT2D eigenvalue weighted by Gasteiger charge is -2.29. The highest BCUT2D eigenvalue weighted by Gasteiger charge is 2.60. The monoisotopic (exact) mass is 452 g/mol. The van der Waals surface area contributed by atoms with Gasteiger partial charge in [-0.3, -0.25) is 14.4 Å². The van der Waals surface area contributed by atoms with Crippen LogP contribution in [0.1, 0.15) is 17.2 Å². The van der Waals surface area contributed by atoms with Crippen molar-refractivity contribution in [2.75, 3.05) is 9.96 Å². The summed E-state index contributed by atoms with van der Waals surface area (Å²) in [5.74, 6) is -1.43. The summed E-state index contributed by atoms with van der Waals surface area (Å²) in [7, 11) is 0. The first kappa shape index (κ1) is 20.1. The van der Waals surface area contributed by atoms with Crippen LogP contribution in [-0.4, -0.2) is 17.9 Å². The Kier molecular flexibility index (Phi) is 4.97. The van der Waals surface area contributed by atoms with E-state index >= 15 is 0 Å². The third-order valence-electron chi connectivity index (χ3n) is 5.67. The van der Waals surface area contributed by atoms with Crippen molar-refractivity contribution < 1.29 is 14.4 Å². The molecular formula is C24H18Cl2N2O3. The summed E-state index contributed by atoms with van der Waals surface area (Å²) in [5, 5.41) is 2.52. The van der Waals surface area contributed by atoms with E-state index in [0.29, 0.717) is 21.3 Å². The first-order chi connectivity index (χ1) is 15.0. The van der Waals surface area contributed by atoms with Gasteiger partial charge in [-0.15, -0.1) is 0 Å². The van der Waals surface area contributed by atoms with Gasteiger partial charge in [0.2, 0.25) is 5.91 Å². The van der Waals surface area contributed by atoms with Crippen LogP contribution < -0.4 is 9.96 Å². The van der Waals surface area contributed by atoms with E-state index in [-0.39, 0.29) is 11.8 Å². The molecule has 31 heavy (non-hydrogen) atoms. The van der Waals surface area contributed by atoms with Crippen molar-refractivity contribution in [1.29, 1.82) is 0 Å². The van der Waals surface area contributed by atoms with E-state index in [9.17, 15) is 9.59 Å². The fourth-order valence-corrected chi connectivity index (χ4v) is 4.81. The Morgan fingerprint density at radius 1 is 0.839 bits per heavy atom. The molecular weight excluding hydrogens is 435 g/mol. The number of carbonyl (C=O) groups excluding carboxylic acids is 2. The molecule has 2 amide bonds. The molecule has 2 saturated heterocycles. The standard InChI is InChI=1S/C24H18Cl2N2O3/c1-14-6-5-9-17(12-14)27-23(29)20-21(18-11-10-15(25)13-19(18)26)28(31-22(20)24(27)30)16-7-3-2-4-8-16/h2-13,20-22H,1H3/t20-,21-,22+/m1/s1. The molecule has 5 rings (SSSR count). The van der Waals surface area contributed by atoms with Crippen LogP contribution in [0.5, 0.6) is 0 Å². The van der Waals surface area contributed by atoms with Gasteiger partial charge in [-0.05, 0) is 54.4 Å². The molecule has 0 aliphatic carbocycles. The number of hydroxylamine groups is 1. The molecule has 3 atom stereocenters. The zero-order chi connectivity index (χ0) is 21.7. The van der Waals surface area contributed by atoms with Gasteiger partial charge in [0.15, 0.2) is 6.10 Å². The fraction of sp³-hybridized carbons (Fsp3) is 0.167. The van der Waals surface area contributed by atoms with Gasteiger partial charge in [0.25, 0.3) is 5.91 Å². The largest absolute Gasteiger partial charge is 0.273 e. The Labute approximate surface area is 189 Å². The van der Waals surface area contributed by atoms with Gasteiger partial charge in [-0.1, -0.05) is 59.6 Å². The second kappa shape index (κ2) is 7.68. The second-order valence-corrected chi connectivity index (χ2v) is 8.52. The lowest BCUT2D eigenvalue weighted by Crippen LogP contribution is -2.37. The number of rotatable bonds is 3. The number of para-hydroxylation sites is 1. The van der Waals surface area contributed by atoms with Crippen LogP contribution in [0, 0.1) is 12.8 Å². The molecule has 2 aliphatic heterocycles. The Morgan fingerprint density at radius 3 is 2.29 bits per heavy atom. The summed E-state index contributed by atoms with van der Waals surface area (Å²) in [5.41, 5.74) is 2.91. The number of aryl methyl sites for hydroxylation is 1. The van der Waals surface area contributed by atoms with Gasteiger partial charge in [-0.2, -0.15) is 0 Å². The molecule has 0 saturated carbocycles. The highest BCUT2D eigenvalue weighted by Crippen LogP contribution is 2.49. The maximum Gasteiger partial charge on any atom is 0.266 e.